The first kappa shape index (κ1) is 8.48. The summed E-state index contributed by atoms with van der Waals surface area (Å²) in [6.07, 6.45) is 6.07. The average molecular weight is 171 g/mol. The molecule has 12 heavy (non-hydrogen) atoms. The highest BCUT2D eigenvalue weighted by atomic mass is 16.5. The second-order valence-electron chi connectivity index (χ2n) is 3.89. The zero-order valence-electron chi connectivity index (χ0n) is 7.38. The number of aliphatic hydroxyl groups excluding tert-OH is 1. The van der Waals surface area contributed by atoms with E-state index < -0.39 is 0 Å². The molecule has 1 atom stereocenters. The van der Waals surface area contributed by atoms with Crippen molar-refractivity contribution in [3.05, 3.63) is 0 Å². The van der Waals surface area contributed by atoms with Gasteiger partial charge in [0.15, 0.2) is 0 Å². The molecule has 2 fully saturated rings. The van der Waals surface area contributed by atoms with Crippen molar-refractivity contribution in [3.8, 4) is 0 Å². The Kier molecular flexibility index (Phi) is 2.35. The molecule has 1 aliphatic heterocycles. The highest BCUT2D eigenvalue weighted by molar-refractivity contribution is 4.90. The van der Waals surface area contributed by atoms with Crippen LogP contribution < -0.4 is 5.32 Å². The average Bonchev–Trinajstić information content (AvgIpc) is 2.50. The van der Waals surface area contributed by atoms with E-state index in [2.05, 4.69) is 5.32 Å². The molecule has 1 saturated carbocycles. The molecule has 0 amide bonds. The zero-order chi connectivity index (χ0) is 8.44. The largest absolute Gasteiger partial charge is 0.395 e. The first-order chi connectivity index (χ1) is 5.85. The molecule has 70 valence electrons. The van der Waals surface area contributed by atoms with Crippen molar-refractivity contribution in [1.82, 2.24) is 5.32 Å². The van der Waals surface area contributed by atoms with Crippen LogP contribution in [0.4, 0.5) is 0 Å². The minimum Gasteiger partial charge on any atom is -0.395 e. The fraction of sp³-hybridized carbons (Fsp3) is 1.00. The minimum absolute atomic E-state index is 0.0638. The lowest BCUT2D eigenvalue weighted by Crippen LogP contribution is -2.46. The third kappa shape index (κ3) is 1.49. The molecule has 2 N–H and O–H groups in total. The minimum atomic E-state index is -0.0638. The van der Waals surface area contributed by atoms with Gasteiger partial charge in [0.25, 0.3) is 0 Å². The second kappa shape index (κ2) is 3.32. The van der Waals surface area contributed by atoms with Gasteiger partial charge in [-0.3, -0.25) is 5.32 Å². The Balaban J connectivity index is 1.94. The summed E-state index contributed by atoms with van der Waals surface area (Å²) in [5.41, 5.74) is -0.0638. The maximum Gasteiger partial charge on any atom is 0.119 e. The maximum absolute atomic E-state index is 8.94. The van der Waals surface area contributed by atoms with Gasteiger partial charge in [0.05, 0.1) is 19.3 Å². The Morgan fingerprint density at radius 1 is 1.33 bits per heavy atom. The normalized spacial score (nSPS) is 34.2. The molecule has 0 bridgehead atoms. The summed E-state index contributed by atoms with van der Waals surface area (Å²) in [6, 6.07) is 0.170. The van der Waals surface area contributed by atoms with Crippen molar-refractivity contribution in [2.24, 2.45) is 0 Å². The van der Waals surface area contributed by atoms with E-state index in [-0.39, 0.29) is 18.4 Å². The van der Waals surface area contributed by atoms with Crippen LogP contribution in [0.15, 0.2) is 0 Å². The van der Waals surface area contributed by atoms with Crippen molar-refractivity contribution >= 4 is 0 Å². The molecule has 0 aromatic heterocycles. The Labute approximate surface area is 73.1 Å². The molecular formula is C9H17NO2. The van der Waals surface area contributed by atoms with Crippen molar-refractivity contribution in [2.45, 2.75) is 43.9 Å². The fourth-order valence-electron chi connectivity index (χ4n) is 2.23. The molecule has 0 aromatic rings. The van der Waals surface area contributed by atoms with Gasteiger partial charge >= 0.3 is 0 Å². The number of nitrogens with one attached hydrogen (secondary N) is 1. The number of ether oxygens (including phenoxy) is 1. The van der Waals surface area contributed by atoms with E-state index in [9.17, 15) is 0 Å². The molecule has 0 radical (unpaired) electrons. The number of hydrogen-bond acceptors (Lipinski definition) is 3. The van der Waals surface area contributed by atoms with Gasteiger partial charge in [-0.2, -0.15) is 0 Å². The van der Waals surface area contributed by atoms with E-state index in [1.54, 1.807) is 0 Å². The van der Waals surface area contributed by atoms with Crippen LogP contribution in [0.5, 0.6) is 0 Å². The van der Waals surface area contributed by atoms with E-state index in [1.807, 2.05) is 0 Å². The summed E-state index contributed by atoms with van der Waals surface area (Å²) in [6.45, 7) is 0.873. The SMILES string of the molecule is OCC1COC2(CCCCC2)N1. The summed E-state index contributed by atoms with van der Waals surface area (Å²) in [5, 5.41) is 12.3. The zero-order valence-corrected chi connectivity index (χ0v) is 7.38. The molecule has 1 aliphatic carbocycles. The summed E-state index contributed by atoms with van der Waals surface area (Å²) in [5.74, 6) is 0. The highest BCUT2D eigenvalue weighted by Crippen LogP contribution is 2.32. The molecule has 1 heterocycles. The van der Waals surface area contributed by atoms with E-state index in [0.717, 1.165) is 12.8 Å². The Morgan fingerprint density at radius 2 is 2.08 bits per heavy atom. The predicted octanol–water partition coefficient (Wildman–Crippen LogP) is 0.627. The molecule has 1 unspecified atom stereocenters. The van der Waals surface area contributed by atoms with Gasteiger partial charge in [0, 0.05) is 0 Å². The maximum atomic E-state index is 8.94. The summed E-state index contributed by atoms with van der Waals surface area (Å²) in [7, 11) is 0. The van der Waals surface area contributed by atoms with E-state index in [4.69, 9.17) is 9.84 Å². The third-order valence-electron chi connectivity index (χ3n) is 2.91. The fourth-order valence-corrected chi connectivity index (χ4v) is 2.23. The first-order valence-electron chi connectivity index (χ1n) is 4.87. The molecule has 0 aromatic carbocycles. The number of rotatable bonds is 1. The lowest BCUT2D eigenvalue weighted by molar-refractivity contribution is -0.0383. The van der Waals surface area contributed by atoms with Crippen LogP contribution in [0.1, 0.15) is 32.1 Å². The standard InChI is InChI=1S/C9H17NO2/c11-6-8-7-12-9(10-8)4-2-1-3-5-9/h8,10-11H,1-7H2. The van der Waals surface area contributed by atoms with E-state index in [1.165, 1.54) is 19.3 Å². The molecule has 3 heteroatoms. The third-order valence-corrected chi connectivity index (χ3v) is 2.91. The van der Waals surface area contributed by atoms with Crippen molar-refractivity contribution in [2.75, 3.05) is 13.2 Å². The summed E-state index contributed by atoms with van der Waals surface area (Å²) >= 11 is 0. The quantitative estimate of drug-likeness (QED) is 0.608. The Bertz CT molecular complexity index is 155. The van der Waals surface area contributed by atoms with Gasteiger partial charge in [0.1, 0.15) is 5.72 Å². The van der Waals surface area contributed by atoms with Crippen LogP contribution in [0.3, 0.4) is 0 Å². The van der Waals surface area contributed by atoms with Gasteiger partial charge < -0.3 is 9.84 Å². The molecule has 2 aliphatic rings. The van der Waals surface area contributed by atoms with Crippen LogP contribution in [-0.4, -0.2) is 30.1 Å². The smallest absolute Gasteiger partial charge is 0.119 e. The summed E-state index contributed by atoms with van der Waals surface area (Å²) in [4.78, 5) is 0. The first-order valence-corrected chi connectivity index (χ1v) is 4.87. The second-order valence-corrected chi connectivity index (χ2v) is 3.89. The molecule has 1 saturated heterocycles. The Hall–Kier alpha value is -0.120. The van der Waals surface area contributed by atoms with Gasteiger partial charge in [-0.15, -0.1) is 0 Å². The van der Waals surface area contributed by atoms with Gasteiger partial charge in [-0.05, 0) is 25.7 Å². The van der Waals surface area contributed by atoms with Gasteiger partial charge in [-0.25, -0.2) is 0 Å². The predicted molar refractivity (Wildman–Crippen MR) is 45.8 cm³/mol. The van der Waals surface area contributed by atoms with Crippen molar-refractivity contribution < 1.29 is 9.84 Å². The number of hydrogen-bond donors (Lipinski definition) is 2. The van der Waals surface area contributed by atoms with Crippen LogP contribution in [-0.2, 0) is 4.74 Å². The van der Waals surface area contributed by atoms with Crippen LogP contribution >= 0.6 is 0 Å². The van der Waals surface area contributed by atoms with Crippen molar-refractivity contribution in [3.63, 3.8) is 0 Å². The van der Waals surface area contributed by atoms with E-state index >= 15 is 0 Å². The monoisotopic (exact) mass is 171 g/mol. The van der Waals surface area contributed by atoms with Gasteiger partial charge in [-0.1, -0.05) is 6.42 Å². The highest BCUT2D eigenvalue weighted by Gasteiger charge is 2.39. The Morgan fingerprint density at radius 3 is 2.67 bits per heavy atom. The van der Waals surface area contributed by atoms with Gasteiger partial charge in [0.2, 0.25) is 0 Å². The molecular weight excluding hydrogens is 154 g/mol. The van der Waals surface area contributed by atoms with Crippen LogP contribution in [0, 0.1) is 0 Å². The topological polar surface area (TPSA) is 41.5 Å². The molecule has 3 nitrogen and oxygen atoms in total. The lowest BCUT2D eigenvalue weighted by atomic mass is 9.92. The number of aliphatic hydroxyl groups is 1. The van der Waals surface area contributed by atoms with Crippen molar-refractivity contribution in [1.29, 1.82) is 0 Å². The van der Waals surface area contributed by atoms with Crippen LogP contribution in [0.25, 0.3) is 0 Å². The molecule has 1 spiro atoms. The van der Waals surface area contributed by atoms with E-state index in [0.29, 0.717) is 6.61 Å². The van der Waals surface area contributed by atoms with Crippen LogP contribution in [0.2, 0.25) is 0 Å². The summed E-state index contributed by atoms with van der Waals surface area (Å²) < 4.78 is 5.71. The lowest BCUT2D eigenvalue weighted by Gasteiger charge is -2.32. The molecule has 2 rings (SSSR count).